The molecule has 0 spiro atoms. The van der Waals surface area contributed by atoms with Crippen molar-refractivity contribution in [3.05, 3.63) is 46.8 Å². The third-order valence-electron chi connectivity index (χ3n) is 7.19. The van der Waals surface area contributed by atoms with Crippen LogP contribution in [0.5, 0.6) is 0 Å². The van der Waals surface area contributed by atoms with Crippen molar-refractivity contribution in [1.82, 2.24) is 39.6 Å². The normalized spacial score (nSPS) is 21.9. The molecule has 0 aliphatic carbocycles. The number of aryl methyl sites for hydroxylation is 1. The van der Waals surface area contributed by atoms with Gasteiger partial charge in [0.25, 0.3) is 0 Å². The van der Waals surface area contributed by atoms with Crippen LogP contribution in [-0.4, -0.2) is 75.0 Å². The molecule has 1 aromatic carbocycles. The van der Waals surface area contributed by atoms with Crippen molar-refractivity contribution in [3.8, 4) is 11.6 Å². The molecule has 0 radical (unpaired) electrons. The number of halogens is 4. The molecule has 0 bridgehead atoms. The molecule has 2 aliphatic heterocycles. The highest BCUT2D eigenvalue weighted by Gasteiger charge is 2.46. The number of carbonyl (C=O) groups is 1. The molecular weight excluding hydrogens is 524 g/mol. The first-order chi connectivity index (χ1) is 18.4. The zero-order valence-electron chi connectivity index (χ0n) is 21.7. The fraction of sp³-hybridized carbons (Fsp3) is 0.542. The summed E-state index contributed by atoms with van der Waals surface area (Å²) in [4.78, 5) is 19.9. The summed E-state index contributed by atoms with van der Waals surface area (Å²) >= 11 is 0. The van der Waals surface area contributed by atoms with Crippen LogP contribution in [0.3, 0.4) is 0 Å². The van der Waals surface area contributed by atoms with Crippen molar-refractivity contribution in [2.75, 3.05) is 6.61 Å². The van der Waals surface area contributed by atoms with Gasteiger partial charge in [0.2, 0.25) is 5.82 Å². The Morgan fingerprint density at radius 2 is 1.95 bits per heavy atom. The van der Waals surface area contributed by atoms with E-state index < -0.39 is 48.0 Å². The zero-order chi connectivity index (χ0) is 28.2. The van der Waals surface area contributed by atoms with E-state index in [0.717, 1.165) is 22.8 Å². The Bertz CT molecular complexity index is 1390. The van der Waals surface area contributed by atoms with Gasteiger partial charge in [0, 0.05) is 37.3 Å². The van der Waals surface area contributed by atoms with Gasteiger partial charge in [-0.2, -0.15) is 8.78 Å². The Morgan fingerprint density at radius 3 is 2.56 bits per heavy atom. The summed E-state index contributed by atoms with van der Waals surface area (Å²) in [7, 11) is 1.53. The summed E-state index contributed by atoms with van der Waals surface area (Å²) in [6.07, 6.45) is -2.11. The third kappa shape index (κ3) is 4.84. The molecule has 210 valence electrons. The van der Waals surface area contributed by atoms with Crippen molar-refractivity contribution in [2.24, 2.45) is 7.05 Å². The molecule has 3 atom stereocenters. The SMILES string of the molecule is Cn1nnnc1-c1nc2c(n1C(F)F)CN([C@H]1CO[C@H](c3cc(F)ccc3F)[C@@H](N(C(=O)O)C(C)(C)C)C1)C2. The van der Waals surface area contributed by atoms with Crippen LogP contribution in [0.4, 0.5) is 22.4 Å². The summed E-state index contributed by atoms with van der Waals surface area (Å²) in [6.45, 7) is 2.56. The minimum atomic E-state index is -2.90. The number of ether oxygens (including phenoxy) is 1. The van der Waals surface area contributed by atoms with Crippen LogP contribution in [0.1, 0.15) is 56.8 Å². The van der Waals surface area contributed by atoms with Gasteiger partial charge in [-0.3, -0.25) is 14.4 Å². The Hall–Kier alpha value is -3.59. The predicted octanol–water partition coefficient (Wildman–Crippen LogP) is 3.74. The first-order valence-electron chi connectivity index (χ1n) is 12.3. The van der Waals surface area contributed by atoms with E-state index in [0.29, 0.717) is 11.4 Å². The van der Waals surface area contributed by atoms with Gasteiger partial charge in [-0.15, -0.1) is 5.10 Å². The fourth-order valence-electron chi connectivity index (χ4n) is 5.54. The largest absolute Gasteiger partial charge is 0.465 e. The monoisotopic (exact) mass is 552 g/mol. The molecule has 1 fully saturated rings. The van der Waals surface area contributed by atoms with E-state index in [1.807, 2.05) is 4.90 Å². The van der Waals surface area contributed by atoms with Gasteiger partial charge in [0.05, 0.1) is 24.0 Å². The molecule has 15 heteroatoms. The molecule has 3 aromatic rings. The number of aromatic nitrogens is 6. The number of hydrogen-bond donors (Lipinski definition) is 1. The van der Waals surface area contributed by atoms with E-state index in [2.05, 4.69) is 20.5 Å². The van der Waals surface area contributed by atoms with E-state index in [-0.39, 0.29) is 43.3 Å². The average molecular weight is 553 g/mol. The van der Waals surface area contributed by atoms with Gasteiger partial charge >= 0.3 is 12.6 Å². The van der Waals surface area contributed by atoms with Crippen LogP contribution in [0, 0.1) is 11.6 Å². The highest BCUT2D eigenvalue weighted by atomic mass is 19.3. The topological polar surface area (TPSA) is 114 Å². The standard InChI is InChI=1S/C24H28F4N8O3/c1-24(2,3)36(23(37)38)17-8-13(11-39-19(17)14-7-12(25)5-6-15(14)26)34-9-16-18(10-34)35(22(27)28)20(29-16)21-30-31-32-33(21)4/h5-7,13,17,19,22H,8-11H2,1-4H3,(H,37,38)/t13-,17+,19-/m1/s1. The van der Waals surface area contributed by atoms with Crippen LogP contribution in [0.2, 0.25) is 0 Å². The van der Waals surface area contributed by atoms with Gasteiger partial charge in [-0.25, -0.2) is 23.2 Å². The summed E-state index contributed by atoms with van der Waals surface area (Å²) in [6, 6.07) is 1.68. The predicted molar refractivity (Wildman–Crippen MR) is 127 cm³/mol. The second-order valence-corrected chi connectivity index (χ2v) is 10.7. The van der Waals surface area contributed by atoms with Gasteiger partial charge in [0.15, 0.2) is 5.82 Å². The van der Waals surface area contributed by atoms with E-state index in [1.54, 1.807) is 20.8 Å². The maximum Gasteiger partial charge on any atom is 0.408 e. The lowest BCUT2D eigenvalue weighted by Gasteiger charge is -2.48. The molecule has 0 unspecified atom stereocenters. The molecule has 1 saturated heterocycles. The second kappa shape index (κ2) is 9.86. The molecule has 1 N–H and O–H groups in total. The van der Waals surface area contributed by atoms with Crippen molar-refractivity contribution in [1.29, 1.82) is 0 Å². The number of hydrogen-bond acceptors (Lipinski definition) is 7. The Kier molecular flexibility index (Phi) is 6.83. The zero-order valence-corrected chi connectivity index (χ0v) is 21.7. The quantitative estimate of drug-likeness (QED) is 0.477. The van der Waals surface area contributed by atoms with Crippen LogP contribution in [0.25, 0.3) is 11.6 Å². The van der Waals surface area contributed by atoms with E-state index in [1.165, 1.54) is 16.6 Å². The number of nitrogens with zero attached hydrogens (tertiary/aromatic N) is 8. The molecule has 5 rings (SSSR count). The molecule has 11 nitrogen and oxygen atoms in total. The Morgan fingerprint density at radius 1 is 1.21 bits per heavy atom. The van der Waals surface area contributed by atoms with Crippen LogP contribution < -0.4 is 0 Å². The van der Waals surface area contributed by atoms with Crippen molar-refractivity contribution in [3.63, 3.8) is 0 Å². The Balaban J connectivity index is 1.46. The summed E-state index contributed by atoms with van der Waals surface area (Å²) in [5, 5.41) is 21.1. The van der Waals surface area contributed by atoms with E-state index in [9.17, 15) is 27.5 Å². The van der Waals surface area contributed by atoms with Crippen molar-refractivity contribution in [2.45, 2.75) is 70.6 Å². The van der Waals surface area contributed by atoms with Crippen molar-refractivity contribution < 1.29 is 32.2 Å². The number of benzene rings is 1. The van der Waals surface area contributed by atoms with E-state index >= 15 is 0 Å². The maximum absolute atomic E-state index is 14.8. The number of carboxylic acid groups (broad SMARTS) is 1. The minimum Gasteiger partial charge on any atom is -0.465 e. The summed E-state index contributed by atoms with van der Waals surface area (Å²) < 4.78 is 65.3. The molecule has 39 heavy (non-hydrogen) atoms. The van der Waals surface area contributed by atoms with Crippen LogP contribution >= 0.6 is 0 Å². The smallest absolute Gasteiger partial charge is 0.408 e. The van der Waals surface area contributed by atoms with E-state index in [4.69, 9.17) is 4.74 Å². The minimum absolute atomic E-state index is 0.0493. The summed E-state index contributed by atoms with van der Waals surface area (Å²) in [5.74, 6) is -1.34. The number of fused-ring (bicyclic) bond motifs is 1. The first-order valence-corrected chi connectivity index (χ1v) is 12.3. The van der Waals surface area contributed by atoms with Gasteiger partial charge in [0.1, 0.15) is 17.7 Å². The second-order valence-electron chi connectivity index (χ2n) is 10.7. The lowest BCUT2D eigenvalue weighted by atomic mass is 9.88. The molecule has 1 amide bonds. The lowest BCUT2D eigenvalue weighted by Crippen LogP contribution is -2.58. The molecule has 4 heterocycles. The van der Waals surface area contributed by atoms with Crippen LogP contribution in [-0.2, 0) is 24.9 Å². The third-order valence-corrected chi connectivity index (χ3v) is 7.19. The highest BCUT2D eigenvalue weighted by molar-refractivity contribution is 5.66. The van der Waals surface area contributed by atoms with Crippen molar-refractivity contribution >= 4 is 6.09 Å². The highest BCUT2D eigenvalue weighted by Crippen LogP contribution is 2.40. The molecule has 0 saturated carbocycles. The number of tetrazole rings is 1. The molecule has 2 aromatic heterocycles. The van der Waals surface area contributed by atoms with Gasteiger partial charge < -0.3 is 9.84 Å². The Labute approximate surface area is 221 Å². The molecular formula is C24H28F4N8O3. The number of imidazole rings is 1. The number of rotatable bonds is 5. The van der Waals surface area contributed by atoms with Gasteiger partial charge in [-0.05, 0) is 55.8 Å². The first kappa shape index (κ1) is 27.0. The number of amides is 1. The summed E-state index contributed by atoms with van der Waals surface area (Å²) in [5.41, 5.74) is -0.255. The van der Waals surface area contributed by atoms with Crippen LogP contribution in [0.15, 0.2) is 18.2 Å². The average Bonchev–Trinajstić information content (AvgIpc) is 3.53. The molecule has 2 aliphatic rings. The number of alkyl halides is 2. The fourth-order valence-corrected chi connectivity index (χ4v) is 5.54. The maximum atomic E-state index is 14.8. The van der Waals surface area contributed by atoms with Gasteiger partial charge in [-0.1, -0.05) is 0 Å². The lowest BCUT2D eigenvalue weighted by molar-refractivity contribution is -0.103.